The van der Waals surface area contributed by atoms with E-state index in [-0.39, 0.29) is 42.6 Å². The fourth-order valence-electron chi connectivity index (χ4n) is 5.70. The Morgan fingerprint density at radius 3 is 2.33 bits per heavy atom. The molecule has 2 fully saturated rings. The van der Waals surface area contributed by atoms with Gasteiger partial charge >= 0.3 is 5.97 Å². The second-order valence-electron chi connectivity index (χ2n) is 10.8. The van der Waals surface area contributed by atoms with Crippen molar-refractivity contribution < 1.29 is 29.0 Å². The van der Waals surface area contributed by atoms with E-state index in [1.165, 1.54) is 12.0 Å². The van der Waals surface area contributed by atoms with Crippen LogP contribution in [0.4, 0.5) is 0 Å². The van der Waals surface area contributed by atoms with E-state index >= 15 is 0 Å². The summed E-state index contributed by atoms with van der Waals surface area (Å²) in [7, 11) is 1.23. The maximum Gasteiger partial charge on any atom is 0.308 e. The summed E-state index contributed by atoms with van der Waals surface area (Å²) in [4.78, 5) is 55.2. The van der Waals surface area contributed by atoms with Crippen molar-refractivity contribution in [2.24, 2.45) is 17.6 Å². The van der Waals surface area contributed by atoms with E-state index in [0.29, 0.717) is 45.2 Å². The number of ether oxygens (including phenoxy) is 1. The maximum atomic E-state index is 13.6. The molecule has 0 bridgehead atoms. The Hall–Kier alpha value is -2.89. The lowest BCUT2D eigenvalue weighted by Gasteiger charge is -2.35. The molecule has 2 saturated heterocycles. The summed E-state index contributed by atoms with van der Waals surface area (Å²) in [6.45, 7) is 5.39. The molecular weight excluding hydrogens is 504 g/mol. The van der Waals surface area contributed by atoms with Crippen LogP contribution in [0.25, 0.3) is 0 Å². The first kappa shape index (κ1) is 32.3. The maximum absolute atomic E-state index is 13.6. The van der Waals surface area contributed by atoms with E-state index in [0.717, 1.165) is 32.2 Å². The van der Waals surface area contributed by atoms with E-state index in [1.807, 2.05) is 13.8 Å². The number of carbonyl (C=O) groups is 4. The molecule has 0 aromatic rings. The third-order valence-electron chi connectivity index (χ3n) is 7.74. The number of likely N-dealkylation sites (tertiary alicyclic amines) is 2. The summed E-state index contributed by atoms with van der Waals surface area (Å²) >= 11 is 0. The number of nitrogens with zero attached hydrogens (tertiary/aromatic N) is 2. The Labute approximate surface area is 231 Å². The van der Waals surface area contributed by atoms with E-state index in [4.69, 9.17) is 15.9 Å². The van der Waals surface area contributed by atoms with Crippen LogP contribution in [0.2, 0.25) is 0 Å². The van der Waals surface area contributed by atoms with Crippen molar-refractivity contribution in [1.29, 1.82) is 5.41 Å². The summed E-state index contributed by atoms with van der Waals surface area (Å²) in [6.07, 6.45) is 6.07. The van der Waals surface area contributed by atoms with E-state index in [2.05, 4.69) is 10.6 Å². The quantitative estimate of drug-likeness (QED) is 0.119. The number of piperidine rings is 1. The zero-order valence-corrected chi connectivity index (χ0v) is 23.7. The fraction of sp³-hybridized carbons (Fsp3) is 0.815. The van der Waals surface area contributed by atoms with Crippen LogP contribution in [0.1, 0.15) is 78.1 Å². The number of carbonyl (C=O) groups excluding carboxylic acids is 4. The van der Waals surface area contributed by atoms with Gasteiger partial charge in [-0.3, -0.25) is 24.6 Å². The molecule has 2 aliphatic heterocycles. The van der Waals surface area contributed by atoms with Gasteiger partial charge < -0.3 is 36.0 Å². The Morgan fingerprint density at radius 1 is 1.08 bits per heavy atom. The number of guanidine groups is 1. The van der Waals surface area contributed by atoms with Gasteiger partial charge in [-0.2, -0.15) is 0 Å². The molecule has 0 aromatic heterocycles. The predicted octanol–water partition coefficient (Wildman–Crippen LogP) is 0.714. The summed E-state index contributed by atoms with van der Waals surface area (Å²) in [5.41, 5.74) is 5.64. The molecule has 2 rings (SSSR count). The topological polar surface area (TPSA) is 178 Å². The third kappa shape index (κ3) is 9.66. The van der Waals surface area contributed by atoms with Crippen molar-refractivity contribution in [2.45, 2.75) is 96.2 Å². The minimum atomic E-state index is -1.12. The molecule has 0 spiro atoms. The number of esters is 1. The van der Waals surface area contributed by atoms with E-state index in [1.54, 1.807) is 4.90 Å². The fourth-order valence-corrected chi connectivity index (χ4v) is 5.70. The zero-order valence-electron chi connectivity index (χ0n) is 23.7. The molecule has 3 amide bonds. The van der Waals surface area contributed by atoms with Gasteiger partial charge in [0, 0.05) is 25.6 Å². The highest BCUT2D eigenvalue weighted by atomic mass is 16.5. The first-order valence-corrected chi connectivity index (χ1v) is 14.3. The molecule has 12 nitrogen and oxygen atoms in total. The van der Waals surface area contributed by atoms with Gasteiger partial charge in [-0.15, -0.1) is 0 Å². The molecule has 0 saturated carbocycles. The van der Waals surface area contributed by atoms with Crippen LogP contribution >= 0.6 is 0 Å². The predicted molar refractivity (Wildman–Crippen MR) is 146 cm³/mol. The highest BCUT2D eigenvalue weighted by Gasteiger charge is 2.39. The normalized spacial score (nSPS) is 20.8. The largest absolute Gasteiger partial charge is 0.469 e. The Bertz CT molecular complexity index is 849. The molecule has 4 atom stereocenters. The molecule has 0 aromatic carbocycles. The molecule has 39 heavy (non-hydrogen) atoms. The standard InChI is InChI=1S/C27H48N6O6/c1-4-8-19(9-5-2)24(36)31-21(15-23(35)39-3)26(38)33-13-7-11-22(33)25(37)30-20(17-34)14-18-10-6-12-32(16-18)27(28)29/h18-22,34H,4-17H2,1-3H3,(H3,28,29)(H,30,37)(H,31,36)/t18?,20-,21-,22-/m0/s1. The average molecular weight is 553 g/mol. The molecule has 2 aliphatic rings. The number of nitrogens with two attached hydrogens (primary N) is 1. The van der Waals surface area contributed by atoms with Crippen molar-refractivity contribution in [1.82, 2.24) is 20.4 Å². The number of nitrogens with one attached hydrogen (secondary N) is 3. The van der Waals surface area contributed by atoms with Gasteiger partial charge in [-0.1, -0.05) is 26.7 Å². The van der Waals surface area contributed by atoms with Gasteiger partial charge in [-0.25, -0.2) is 0 Å². The van der Waals surface area contributed by atoms with Crippen molar-refractivity contribution in [3.8, 4) is 0 Å². The number of aliphatic hydroxyl groups is 1. The van der Waals surface area contributed by atoms with Crippen LogP contribution in [0.3, 0.4) is 0 Å². The van der Waals surface area contributed by atoms with Crippen molar-refractivity contribution >= 4 is 29.7 Å². The molecule has 0 radical (unpaired) electrons. The van der Waals surface area contributed by atoms with Crippen LogP contribution in [-0.2, 0) is 23.9 Å². The van der Waals surface area contributed by atoms with Crippen LogP contribution in [0.5, 0.6) is 0 Å². The second kappa shape index (κ2) is 16.3. The van der Waals surface area contributed by atoms with Crippen LogP contribution in [0.15, 0.2) is 0 Å². The number of methoxy groups -OCH3 is 1. The Morgan fingerprint density at radius 2 is 1.74 bits per heavy atom. The molecular formula is C27H48N6O6. The Kier molecular flexibility index (Phi) is 13.5. The van der Waals surface area contributed by atoms with Gasteiger partial charge in [0.25, 0.3) is 0 Å². The zero-order chi connectivity index (χ0) is 28.9. The van der Waals surface area contributed by atoms with Gasteiger partial charge in [-0.05, 0) is 50.9 Å². The minimum absolute atomic E-state index is 0.0219. The van der Waals surface area contributed by atoms with Gasteiger partial charge in [0.1, 0.15) is 12.1 Å². The lowest BCUT2D eigenvalue weighted by Crippen LogP contribution is -2.56. The first-order chi connectivity index (χ1) is 18.6. The smallest absolute Gasteiger partial charge is 0.308 e. The molecule has 222 valence electrons. The molecule has 0 aliphatic carbocycles. The van der Waals surface area contributed by atoms with Crippen molar-refractivity contribution in [3.63, 3.8) is 0 Å². The molecule has 12 heteroatoms. The van der Waals surface area contributed by atoms with Gasteiger partial charge in [0.05, 0.1) is 26.2 Å². The monoisotopic (exact) mass is 552 g/mol. The molecule has 1 unspecified atom stereocenters. The lowest BCUT2D eigenvalue weighted by atomic mass is 9.91. The first-order valence-electron chi connectivity index (χ1n) is 14.3. The SMILES string of the molecule is CCCC(CCC)C(=O)N[C@@H](CC(=O)OC)C(=O)N1CCC[C@H]1C(=O)N[C@H](CO)CC1CCCN(C(=N)N)C1. The number of rotatable bonds is 14. The number of hydrogen-bond acceptors (Lipinski definition) is 7. The third-order valence-corrected chi connectivity index (χ3v) is 7.74. The summed E-state index contributed by atoms with van der Waals surface area (Å²) in [5.74, 6) is -1.80. The molecule has 6 N–H and O–H groups in total. The minimum Gasteiger partial charge on any atom is -0.469 e. The van der Waals surface area contributed by atoms with Crippen molar-refractivity contribution in [2.75, 3.05) is 33.4 Å². The number of aliphatic hydroxyl groups excluding tert-OH is 1. The second-order valence-corrected chi connectivity index (χ2v) is 10.8. The van der Waals surface area contributed by atoms with Gasteiger partial charge in [0.2, 0.25) is 17.7 Å². The highest BCUT2D eigenvalue weighted by molar-refractivity contribution is 5.95. The van der Waals surface area contributed by atoms with Crippen molar-refractivity contribution in [3.05, 3.63) is 0 Å². The molecule has 2 heterocycles. The average Bonchev–Trinajstić information content (AvgIpc) is 3.42. The van der Waals surface area contributed by atoms with Crippen LogP contribution < -0.4 is 16.4 Å². The van der Waals surface area contributed by atoms with Crippen LogP contribution in [0, 0.1) is 17.2 Å². The lowest BCUT2D eigenvalue weighted by molar-refractivity contribution is -0.147. The van der Waals surface area contributed by atoms with E-state index < -0.39 is 30.0 Å². The number of amides is 3. The van der Waals surface area contributed by atoms with E-state index in [9.17, 15) is 24.3 Å². The van der Waals surface area contributed by atoms with Crippen LogP contribution in [-0.4, -0.2) is 96.0 Å². The summed E-state index contributed by atoms with van der Waals surface area (Å²) in [5, 5.41) is 23.3. The number of hydrogen-bond donors (Lipinski definition) is 5. The van der Waals surface area contributed by atoms with Gasteiger partial charge in [0.15, 0.2) is 5.96 Å². The summed E-state index contributed by atoms with van der Waals surface area (Å²) in [6, 6.07) is -2.38. The Balaban J connectivity index is 2.09. The highest BCUT2D eigenvalue weighted by Crippen LogP contribution is 2.23. The summed E-state index contributed by atoms with van der Waals surface area (Å²) < 4.78 is 4.77.